The van der Waals surface area contributed by atoms with Crippen molar-refractivity contribution in [3.05, 3.63) is 90.1 Å². The maximum absolute atomic E-state index is 13.8. The topological polar surface area (TPSA) is 110 Å². The van der Waals surface area contributed by atoms with Crippen LogP contribution < -0.4 is 0 Å². The van der Waals surface area contributed by atoms with E-state index in [2.05, 4.69) is 0 Å². The summed E-state index contributed by atoms with van der Waals surface area (Å²) >= 11 is 14.3. The third-order valence-electron chi connectivity index (χ3n) is 6.30. The molecule has 2 heterocycles. The molecule has 0 N–H and O–H groups in total. The van der Waals surface area contributed by atoms with Crippen molar-refractivity contribution in [2.75, 3.05) is 33.4 Å². The minimum absolute atomic E-state index is 0.0306. The molecule has 2 aromatic carbocycles. The van der Waals surface area contributed by atoms with Crippen LogP contribution in [0, 0.1) is 10.1 Å². The third-order valence-corrected chi connectivity index (χ3v) is 9.71. The highest BCUT2D eigenvalue weighted by atomic mass is 35.5. The van der Waals surface area contributed by atoms with E-state index in [1.54, 1.807) is 34.4 Å². The van der Waals surface area contributed by atoms with Gasteiger partial charge in [-0.15, -0.1) is 11.3 Å². The van der Waals surface area contributed by atoms with E-state index < -0.39 is 27.5 Å². The molecule has 0 radical (unpaired) electrons. The highest BCUT2D eigenvalue weighted by molar-refractivity contribution is 7.89. The number of carbonyl (C=O) groups is 1. The summed E-state index contributed by atoms with van der Waals surface area (Å²) in [4.78, 5) is 26.9. The van der Waals surface area contributed by atoms with Crippen molar-refractivity contribution in [3.63, 3.8) is 0 Å². The molecule has 0 aliphatic carbocycles. The molecule has 0 fully saturated rings. The number of halogens is 2. The number of nitro groups is 1. The highest BCUT2D eigenvalue weighted by Crippen LogP contribution is 2.41. The third kappa shape index (κ3) is 6.03. The Morgan fingerprint density at radius 3 is 2.58 bits per heavy atom. The molecule has 1 aliphatic rings. The van der Waals surface area contributed by atoms with Gasteiger partial charge in [0, 0.05) is 53.9 Å². The van der Waals surface area contributed by atoms with Crippen molar-refractivity contribution in [3.8, 4) is 0 Å². The summed E-state index contributed by atoms with van der Waals surface area (Å²) in [6, 6.07) is 11.2. The minimum atomic E-state index is -4.14. The first-order chi connectivity index (χ1) is 18.1. The van der Waals surface area contributed by atoms with E-state index in [0.717, 1.165) is 26.9 Å². The van der Waals surface area contributed by atoms with Gasteiger partial charge < -0.3 is 9.64 Å². The number of methoxy groups -OCH3 is 1. The lowest BCUT2D eigenvalue weighted by Crippen LogP contribution is -2.47. The number of amides is 1. The van der Waals surface area contributed by atoms with Crippen LogP contribution >= 0.6 is 34.5 Å². The number of carbonyl (C=O) groups excluding carboxylic acids is 1. The molecule has 9 nitrogen and oxygen atoms in total. The maximum Gasteiger partial charge on any atom is 0.269 e. The summed E-state index contributed by atoms with van der Waals surface area (Å²) in [6.07, 6.45) is 0.996. The molecule has 1 atom stereocenters. The van der Waals surface area contributed by atoms with E-state index in [0.29, 0.717) is 41.6 Å². The van der Waals surface area contributed by atoms with Crippen LogP contribution in [0.1, 0.15) is 28.5 Å². The number of non-ortho nitro benzene ring substituents is 1. The summed E-state index contributed by atoms with van der Waals surface area (Å²) in [6.45, 7) is 0.304. The lowest BCUT2D eigenvalue weighted by Gasteiger charge is -2.37. The van der Waals surface area contributed by atoms with Crippen molar-refractivity contribution in [1.82, 2.24) is 9.21 Å². The van der Waals surface area contributed by atoms with E-state index in [1.165, 1.54) is 19.2 Å². The van der Waals surface area contributed by atoms with Crippen molar-refractivity contribution < 1.29 is 22.9 Å². The SMILES string of the molecule is COCCCN(CC(=O)N1CCc2sccc2C1c1ccc(Cl)cc1Cl)S(=O)(=O)c1ccc([N+](=O)[O-])cc1. The van der Waals surface area contributed by atoms with Gasteiger partial charge in [0.05, 0.1) is 22.4 Å². The number of fused-ring (bicyclic) bond motifs is 1. The van der Waals surface area contributed by atoms with E-state index >= 15 is 0 Å². The second-order valence-corrected chi connectivity index (χ2v) is 12.4. The monoisotopic (exact) mass is 597 g/mol. The van der Waals surface area contributed by atoms with Gasteiger partial charge in [0.15, 0.2) is 0 Å². The molecular weight excluding hydrogens is 573 g/mol. The molecule has 1 amide bonds. The highest BCUT2D eigenvalue weighted by Gasteiger charge is 2.36. The molecular formula is C25H25Cl2N3O6S2. The van der Waals surface area contributed by atoms with Crippen LogP contribution in [0.2, 0.25) is 10.0 Å². The summed E-state index contributed by atoms with van der Waals surface area (Å²) in [7, 11) is -2.63. The number of hydrogen-bond acceptors (Lipinski definition) is 7. The second-order valence-electron chi connectivity index (χ2n) is 8.64. The fourth-order valence-electron chi connectivity index (χ4n) is 4.44. The van der Waals surface area contributed by atoms with Gasteiger partial charge in [-0.05, 0) is 59.7 Å². The summed E-state index contributed by atoms with van der Waals surface area (Å²) in [5.41, 5.74) is 1.42. The second kappa shape index (κ2) is 12.1. The Morgan fingerprint density at radius 2 is 1.92 bits per heavy atom. The summed E-state index contributed by atoms with van der Waals surface area (Å²) < 4.78 is 33.3. The number of nitro benzene ring substituents is 1. The summed E-state index contributed by atoms with van der Waals surface area (Å²) in [5.74, 6) is -0.388. The van der Waals surface area contributed by atoms with Gasteiger partial charge in [-0.3, -0.25) is 14.9 Å². The van der Waals surface area contributed by atoms with Gasteiger partial charge in [-0.25, -0.2) is 8.42 Å². The van der Waals surface area contributed by atoms with E-state index in [-0.39, 0.29) is 23.0 Å². The number of ether oxygens (including phenoxy) is 1. The van der Waals surface area contributed by atoms with Gasteiger partial charge in [-0.1, -0.05) is 29.3 Å². The zero-order valence-electron chi connectivity index (χ0n) is 20.4. The average Bonchev–Trinajstić information content (AvgIpc) is 3.37. The fraction of sp³-hybridized carbons (Fsp3) is 0.320. The smallest absolute Gasteiger partial charge is 0.269 e. The Morgan fingerprint density at radius 1 is 1.18 bits per heavy atom. The Hall–Kier alpha value is -2.54. The number of sulfonamides is 1. The van der Waals surface area contributed by atoms with Gasteiger partial charge in [0.25, 0.3) is 5.69 Å². The average molecular weight is 599 g/mol. The van der Waals surface area contributed by atoms with E-state index in [9.17, 15) is 23.3 Å². The molecule has 0 saturated carbocycles. The Labute approximate surface area is 234 Å². The standard InChI is InChI=1S/C25H25Cl2N3O6S2/c1-36-13-2-11-28(38(34,35)19-6-4-18(5-7-19)30(32)33)16-24(31)29-12-9-23-21(10-14-37-23)25(29)20-8-3-17(26)15-22(20)27/h3-8,10,14-15,25H,2,9,11-13,16H2,1H3. The minimum Gasteiger partial charge on any atom is -0.385 e. The summed E-state index contributed by atoms with van der Waals surface area (Å²) in [5, 5.41) is 13.9. The predicted octanol–water partition coefficient (Wildman–Crippen LogP) is 5.16. The van der Waals surface area contributed by atoms with Crippen LogP contribution in [0.25, 0.3) is 0 Å². The Kier molecular flexibility index (Phi) is 9.07. The van der Waals surface area contributed by atoms with Gasteiger partial charge in [-0.2, -0.15) is 4.31 Å². The molecule has 0 saturated heterocycles. The number of hydrogen-bond donors (Lipinski definition) is 0. The molecule has 38 heavy (non-hydrogen) atoms. The van der Waals surface area contributed by atoms with Crippen LogP contribution in [0.15, 0.2) is 58.8 Å². The first-order valence-electron chi connectivity index (χ1n) is 11.7. The number of rotatable bonds is 10. The van der Waals surface area contributed by atoms with Crippen molar-refractivity contribution in [2.45, 2.75) is 23.8 Å². The first kappa shape index (κ1) is 28.5. The van der Waals surface area contributed by atoms with Crippen LogP contribution in [0.5, 0.6) is 0 Å². The Balaban J connectivity index is 1.66. The quantitative estimate of drug-likeness (QED) is 0.181. The van der Waals surface area contributed by atoms with Crippen molar-refractivity contribution >= 4 is 56.2 Å². The lowest BCUT2D eigenvalue weighted by atomic mass is 9.93. The van der Waals surface area contributed by atoms with E-state index in [1.807, 2.05) is 11.4 Å². The zero-order chi connectivity index (χ0) is 27.4. The van der Waals surface area contributed by atoms with Crippen LogP contribution in [0.4, 0.5) is 5.69 Å². The maximum atomic E-state index is 13.8. The predicted molar refractivity (Wildman–Crippen MR) is 146 cm³/mol. The molecule has 202 valence electrons. The van der Waals surface area contributed by atoms with Crippen molar-refractivity contribution in [2.24, 2.45) is 0 Å². The molecule has 3 aromatic rings. The number of benzene rings is 2. The van der Waals surface area contributed by atoms with E-state index in [4.69, 9.17) is 27.9 Å². The van der Waals surface area contributed by atoms with Gasteiger partial charge >= 0.3 is 0 Å². The van der Waals surface area contributed by atoms with Gasteiger partial charge in [0.1, 0.15) is 0 Å². The molecule has 1 aromatic heterocycles. The molecule has 13 heteroatoms. The van der Waals surface area contributed by atoms with Gasteiger partial charge in [0.2, 0.25) is 15.9 Å². The van der Waals surface area contributed by atoms with Crippen LogP contribution in [-0.2, 0) is 26.0 Å². The largest absolute Gasteiger partial charge is 0.385 e. The zero-order valence-corrected chi connectivity index (χ0v) is 23.5. The Bertz CT molecular complexity index is 1430. The fourth-order valence-corrected chi connectivity index (χ4v) is 7.29. The molecule has 0 bridgehead atoms. The first-order valence-corrected chi connectivity index (χ1v) is 14.7. The molecule has 1 unspecified atom stereocenters. The normalized spacial score (nSPS) is 15.5. The molecule has 0 spiro atoms. The van der Waals surface area contributed by atoms with Crippen LogP contribution in [0.3, 0.4) is 0 Å². The molecule has 4 rings (SSSR count). The van der Waals surface area contributed by atoms with Crippen molar-refractivity contribution in [1.29, 1.82) is 0 Å². The number of nitrogens with zero attached hydrogens (tertiary/aromatic N) is 3. The molecule has 1 aliphatic heterocycles. The lowest BCUT2D eigenvalue weighted by molar-refractivity contribution is -0.384. The van der Waals surface area contributed by atoms with Crippen LogP contribution in [-0.4, -0.2) is 61.8 Å². The number of thiophene rings is 1.